The molecule has 8 heteroatoms. The van der Waals surface area contributed by atoms with Crippen LogP contribution >= 0.6 is 11.6 Å². The van der Waals surface area contributed by atoms with E-state index in [9.17, 15) is 13.2 Å². The molecule has 2 rings (SSSR count). The van der Waals surface area contributed by atoms with Crippen LogP contribution in [0.2, 0.25) is 5.02 Å². The number of carbonyl (C=O) groups is 1. The number of esters is 1. The normalized spacial score (nSPS) is 11.3. The molecule has 23 heavy (non-hydrogen) atoms. The van der Waals surface area contributed by atoms with E-state index in [1.54, 1.807) is 25.1 Å². The van der Waals surface area contributed by atoms with Crippen molar-refractivity contribution in [2.24, 2.45) is 0 Å². The second-order valence-electron chi connectivity index (χ2n) is 4.61. The number of nitrogens with one attached hydrogen (secondary N) is 1. The molecular weight excluding hydrogens is 342 g/mol. The molecule has 0 bridgehead atoms. The van der Waals surface area contributed by atoms with Gasteiger partial charge in [-0.05, 0) is 55.0 Å². The summed E-state index contributed by atoms with van der Waals surface area (Å²) in [6, 6.07) is 10.2. The first kappa shape index (κ1) is 17.4. The Morgan fingerprint density at radius 2 is 1.78 bits per heavy atom. The highest BCUT2D eigenvalue weighted by Gasteiger charge is 2.16. The molecule has 0 amide bonds. The molecule has 6 nitrogen and oxygen atoms in total. The fourth-order valence-corrected chi connectivity index (χ4v) is 2.85. The molecule has 2 aromatic rings. The molecule has 0 aliphatic heterocycles. The lowest BCUT2D eigenvalue weighted by atomic mass is 10.2. The van der Waals surface area contributed by atoms with Gasteiger partial charge in [0.15, 0.2) is 0 Å². The Bertz CT molecular complexity index is 818. The predicted molar refractivity (Wildman–Crippen MR) is 84.9 cm³/mol. The number of ether oxygens (including phenoxy) is 1. The van der Waals surface area contributed by atoms with E-state index in [0.29, 0.717) is 16.3 Å². The molecular formula is C15H14ClNO5S. The molecule has 0 fully saturated rings. The molecule has 122 valence electrons. The molecule has 0 spiro atoms. The number of hydrogen-bond donors (Lipinski definition) is 1. The molecule has 0 saturated carbocycles. The number of sulfonamides is 1. The summed E-state index contributed by atoms with van der Waals surface area (Å²) in [4.78, 5) is 18.3. The topological polar surface area (TPSA) is 81.7 Å². The minimum atomic E-state index is -3.76. The van der Waals surface area contributed by atoms with Crippen LogP contribution in [0.1, 0.15) is 15.9 Å². The van der Waals surface area contributed by atoms with Gasteiger partial charge in [0.05, 0.1) is 17.6 Å². The molecule has 0 unspecified atom stereocenters. The standard InChI is InChI=1S/C15H14ClNO5S/c1-10-9-12(16)5-8-14(10)22-15(18)11-3-6-13(7-4-11)23(19,20)17-21-2/h3-9,17H,1-2H3. The number of benzene rings is 2. The minimum Gasteiger partial charge on any atom is -0.423 e. The van der Waals surface area contributed by atoms with Crippen molar-refractivity contribution in [3.63, 3.8) is 0 Å². The van der Waals surface area contributed by atoms with Crippen molar-refractivity contribution in [1.29, 1.82) is 0 Å². The third-order valence-corrected chi connectivity index (χ3v) is 4.45. The van der Waals surface area contributed by atoms with Crippen LogP contribution in [0.25, 0.3) is 0 Å². The summed E-state index contributed by atoms with van der Waals surface area (Å²) < 4.78 is 28.7. The maximum absolute atomic E-state index is 12.1. The second-order valence-corrected chi connectivity index (χ2v) is 6.70. The first-order chi connectivity index (χ1) is 10.8. The largest absolute Gasteiger partial charge is 0.423 e. The summed E-state index contributed by atoms with van der Waals surface area (Å²) in [5.74, 6) is -0.212. The number of halogens is 1. The maximum atomic E-state index is 12.1. The van der Waals surface area contributed by atoms with E-state index in [1.165, 1.54) is 31.4 Å². The Morgan fingerprint density at radius 1 is 1.13 bits per heavy atom. The van der Waals surface area contributed by atoms with Crippen molar-refractivity contribution < 1.29 is 22.8 Å². The third kappa shape index (κ3) is 4.29. The Hall–Kier alpha value is -1.93. The van der Waals surface area contributed by atoms with Crippen molar-refractivity contribution in [2.75, 3.05) is 7.11 Å². The van der Waals surface area contributed by atoms with Gasteiger partial charge in [0.1, 0.15) is 5.75 Å². The van der Waals surface area contributed by atoms with Crippen LogP contribution in [-0.2, 0) is 14.9 Å². The van der Waals surface area contributed by atoms with E-state index in [4.69, 9.17) is 16.3 Å². The smallest absolute Gasteiger partial charge is 0.343 e. The lowest BCUT2D eigenvalue weighted by Gasteiger charge is -2.08. The summed E-state index contributed by atoms with van der Waals surface area (Å²) in [6.07, 6.45) is 0. The van der Waals surface area contributed by atoms with Gasteiger partial charge in [0, 0.05) is 5.02 Å². The summed E-state index contributed by atoms with van der Waals surface area (Å²) >= 11 is 5.84. The van der Waals surface area contributed by atoms with Gasteiger partial charge >= 0.3 is 5.97 Å². The molecule has 0 radical (unpaired) electrons. The zero-order valence-corrected chi connectivity index (χ0v) is 13.9. The fraction of sp³-hybridized carbons (Fsp3) is 0.133. The summed E-state index contributed by atoms with van der Waals surface area (Å²) in [6.45, 7) is 1.76. The first-order valence-corrected chi connectivity index (χ1v) is 8.33. The fourth-order valence-electron chi connectivity index (χ4n) is 1.81. The lowest BCUT2D eigenvalue weighted by Crippen LogP contribution is -2.22. The molecule has 2 aromatic carbocycles. The zero-order valence-electron chi connectivity index (χ0n) is 12.4. The van der Waals surface area contributed by atoms with Crippen LogP contribution in [-0.4, -0.2) is 21.5 Å². The molecule has 0 heterocycles. The average molecular weight is 356 g/mol. The van der Waals surface area contributed by atoms with Gasteiger partial charge in [-0.2, -0.15) is 0 Å². The molecule has 0 aliphatic rings. The van der Waals surface area contributed by atoms with Gasteiger partial charge in [0.25, 0.3) is 10.0 Å². The van der Waals surface area contributed by atoms with Gasteiger partial charge < -0.3 is 4.74 Å². The SMILES string of the molecule is CONS(=O)(=O)c1ccc(C(=O)Oc2ccc(Cl)cc2C)cc1. The lowest BCUT2D eigenvalue weighted by molar-refractivity contribution is 0.0733. The van der Waals surface area contributed by atoms with Crippen molar-refractivity contribution in [3.8, 4) is 5.75 Å². The number of carbonyl (C=O) groups excluding carboxylic acids is 1. The molecule has 1 N–H and O–H groups in total. The highest BCUT2D eigenvalue weighted by Crippen LogP contribution is 2.23. The van der Waals surface area contributed by atoms with E-state index < -0.39 is 16.0 Å². The van der Waals surface area contributed by atoms with Crippen molar-refractivity contribution in [2.45, 2.75) is 11.8 Å². The van der Waals surface area contributed by atoms with Crippen molar-refractivity contribution in [1.82, 2.24) is 4.89 Å². The highest BCUT2D eigenvalue weighted by molar-refractivity contribution is 7.89. The van der Waals surface area contributed by atoms with Gasteiger partial charge in [-0.1, -0.05) is 16.5 Å². The van der Waals surface area contributed by atoms with Gasteiger partial charge in [-0.25, -0.2) is 13.2 Å². The summed E-state index contributed by atoms with van der Waals surface area (Å²) in [5.41, 5.74) is 0.935. The van der Waals surface area contributed by atoms with Crippen LogP contribution in [0, 0.1) is 6.92 Å². The third-order valence-electron chi connectivity index (χ3n) is 2.93. The van der Waals surface area contributed by atoms with Crippen LogP contribution in [0.15, 0.2) is 47.4 Å². The van der Waals surface area contributed by atoms with E-state index in [2.05, 4.69) is 4.84 Å². The van der Waals surface area contributed by atoms with Crippen molar-refractivity contribution >= 4 is 27.6 Å². The Labute approximate surface area is 139 Å². The van der Waals surface area contributed by atoms with Crippen LogP contribution in [0.5, 0.6) is 5.75 Å². The highest BCUT2D eigenvalue weighted by atomic mass is 35.5. The zero-order chi connectivity index (χ0) is 17.0. The molecule has 0 aromatic heterocycles. The van der Waals surface area contributed by atoms with Crippen LogP contribution in [0.4, 0.5) is 0 Å². The van der Waals surface area contributed by atoms with Gasteiger partial charge in [0.2, 0.25) is 0 Å². The Morgan fingerprint density at radius 3 is 2.35 bits per heavy atom. The molecule has 0 aliphatic carbocycles. The molecule has 0 atom stereocenters. The van der Waals surface area contributed by atoms with Crippen LogP contribution in [0.3, 0.4) is 0 Å². The Balaban J connectivity index is 2.17. The number of hydrogen-bond acceptors (Lipinski definition) is 5. The van der Waals surface area contributed by atoms with Gasteiger partial charge in [-0.3, -0.25) is 4.84 Å². The molecule has 0 saturated heterocycles. The van der Waals surface area contributed by atoms with Crippen molar-refractivity contribution in [3.05, 3.63) is 58.6 Å². The monoisotopic (exact) mass is 355 g/mol. The first-order valence-electron chi connectivity index (χ1n) is 6.46. The van der Waals surface area contributed by atoms with E-state index in [1.807, 2.05) is 4.89 Å². The summed E-state index contributed by atoms with van der Waals surface area (Å²) in [7, 11) is -2.57. The van der Waals surface area contributed by atoms with E-state index in [0.717, 1.165) is 0 Å². The van der Waals surface area contributed by atoms with E-state index in [-0.39, 0.29) is 10.5 Å². The predicted octanol–water partition coefficient (Wildman–Crippen LogP) is 2.71. The second kappa shape index (κ2) is 7.10. The van der Waals surface area contributed by atoms with Crippen LogP contribution < -0.4 is 9.62 Å². The van der Waals surface area contributed by atoms with E-state index >= 15 is 0 Å². The van der Waals surface area contributed by atoms with Gasteiger partial charge in [-0.15, -0.1) is 0 Å². The summed E-state index contributed by atoms with van der Waals surface area (Å²) in [5, 5.41) is 0.544. The average Bonchev–Trinajstić information content (AvgIpc) is 2.50. The Kier molecular flexibility index (Phi) is 5.38. The number of aryl methyl sites for hydroxylation is 1. The minimum absolute atomic E-state index is 0.0291. The maximum Gasteiger partial charge on any atom is 0.343 e. The quantitative estimate of drug-likeness (QED) is 0.506. The number of rotatable bonds is 5.